The second-order valence-electron chi connectivity index (χ2n) is 5.39. The quantitative estimate of drug-likeness (QED) is 0.689. The van der Waals surface area contributed by atoms with E-state index in [1.807, 2.05) is 55.5 Å². The Morgan fingerprint density at radius 3 is 2.71 bits per heavy atom. The van der Waals surface area contributed by atoms with Gasteiger partial charge in [0.2, 0.25) is 0 Å². The van der Waals surface area contributed by atoms with E-state index in [1.54, 1.807) is 11.3 Å². The van der Waals surface area contributed by atoms with Crippen LogP contribution in [0, 0.1) is 0 Å². The highest BCUT2D eigenvalue weighted by atomic mass is 32.1. The molecule has 2 heterocycles. The van der Waals surface area contributed by atoms with E-state index in [9.17, 15) is 0 Å². The van der Waals surface area contributed by atoms with Gasteiger partial charge >= 0.3 is 0 Å². The molecule has 0 saturated heterocycles. The average molecular weight is 339 g/mol. The van der Waals surface area contributed by atoms with Crippen molar-refractivity contribution in [3.63, 3.8) is 0 Å². The standard InChI is InChI=1S/C19H17NO3S/c1-2-21-14-9-7-13(8-10-14)15-12-24-19(20-15)18-11-22-16-5-3-4-6-17(16)23-18/h3-10,12,18H,2,11H2,1H3. The molecule has 1 unspecified atom stereocenters. The van der Waals surface area contributed by atoms with Crippen LogP contribution in [0.25, 0.3) is 11.3 Å². The van der Waals surface area contributed by atoms with Crippen LogP contribution in [-0.4, -0.2) is 18.2 Å². The smallest absolute Gasteiger partial charge is 0.184 e. The predicted molar refractivity (Wildman–Crippen MR) is 94.0 cm³/mol. The van der Waals surface area contributed by atoms with Crippen molar-refractivity contribution in [1.29, 1.82) is 0 Å². The highest BCUT2D eigenvalue weighted by Gasteiger charge is 2.25. The first-order valence-corrected chi connectivity index (χ1v) is 8.78. The molecule has 24 heavy (non-hydrogen) atoms. The number of hydrogen-bond acceptors (Lipinski definition) is 5. The number of benzene rings is 2. The predicted octanol–water partition coefficient (Wildman–Crippen LogP) is 4.72. The Kier molecular flexibility index (Phi) is 4.09. The minimum absolute atomic E-state index is 0.165. The zero-order valence-corrected chi connectivity index (χ0v) is 14.1. The van der Waals surface area contributed by atoms with Gasteiger partial charge in [-0.2, -0.15) is 0 Å². The third-order valence-corrected chi connectivity index (χ3v) is 4.70. The lowest BCUT2D eigenvalue weighted by Gasteiger charge is -2.24. The average Bonchev–Trinajstić information content (AvgIpc) is 3.12. The van der Waals surface area contributed by atoms with Crippen molar-refractivity contribution in [3.8, 4) is 28.5 Å². The summed E-state index contributed by atoms with van der Waals surface area (Å²) in [7, 11) is 0. The van der Waals surface area contributed by atoms with Crippen LogP contribution in [0.4, 0.5) is 0 Å². The minimum atomic E-state index is -0.165. The van der Waals surface area contributed by atoms with E-state index in [2.05, 4.69) is 5.38 Å². The summed E-state index contributed by atoms with van der Waals surface area (Å²) < 4.78 is 17.3. The van der Waals surface area contributed by atoms with Gasteiger partial charge in [-0.3, -0.25) is 0 Å². The molecule has 0 spiro atoms. The van der Waals surface area contributed by atoms with E-state index >= 15 is 0 Å². The van der Waals surface area contributed by atoms with Crippen molar-refractivity contribution < 1.29 is 14.2 Å². The summed E-state index contributed by atoms with van der Waals surface area (Å²) in [4.78, 5) is 4.73. The van der Waals surface area contributed by atoms with Crippen LogP contribution in [0.3, 0.4) is 0 Å². The third kappa shape index (κ3) is 2.95. The molecule has 0 fully saturated rings. The summed E-state index contributed by atoms with van der Waals surface area (Å²) in [5.41, 5.74) is 2.01. The molecule has 1 atom stereocenters. The molecule has 1 aliphatic heterocycles. The first kappa shape index (κ1) is 15.0. The maximum Gasteiger partial charge on any atom is 0.184 e. The summed E-state index contributed by atoms with van der Waals surface area (Å²) >= 11 is 1.59. The molecule has 3 aromatic rings. The fraction of sp³-hybridized carbons (Fsp3) is 0.211. The second kappa shape index (κ2) is 6.53. The van der Waals surface area contributed by atoms with Gasteiger partial charge in [-0.05, 0) is 43.3 Å². The van der Waals surface area contributed by atoms with Crippen LogP contribution in [0.1, 0.15) is 18.0 Å². The number of para-hydroxylation sites is 2. The van der Waals surface area contributed by atoms with E-state index in [1.165, 1.54) is 0 Å². The van der Waals surface area contributed by atoms with Crippen molar-refractivity contribution in [3.05, 3.63) is 58.9 Å². The Labute approximate surface area is 144 Å². The fourth-order valence-corrected chi connectivity index (χ4v) is 3.44. The lowest BCUT2D eigenvalue weighted by atomic mass is 10.2. The number of aromatic nitrogens is 1. The van der Waals surface area contributed by atoms with E-state index < -0.39 is 0 Å². The van der Waals surface area contributed by atoms with Gasteiger partial charge in [0.05, 0.1) is 12.3 Å². The maximum atomic E-state index is 6.02. The first-order chi connectivity index (χ1) is 11.8. The summed E-state index contributed by atoms with van der Waals surface area (Å²) in [5, 5.41) is 2.97. The van der Waals surface area contributed by atoms with Gasteiger partial charge in [-0.1, -0.05) is 12.1 Å². The van der Waals surface area contributed by atoms with Gasteiger partial charge < -0.3 is 14.2 Å². The van der Waals surface area contributed by atoms with Gasteiger partial charge in [-0.25, -0.2) is 4.98 Å². The lowest BCUT2D eigenvalue weighted by Crippen LogP contribution is -2.21. The molecule has 4 nitrogen and oxygen atoms in total. The van der Waals surface area contributed by atoms with E-state index in [4.69, 9.17) is 19.2 Å². The van der Waals surface area contributed by atoms with Crippen LogP contribution in [0.2, 0.25) is 0 Å². The van der Waals surface area contributed by atoms with Crippen molar-refractivity contribution >= 4 is 11.3 Å². The van der Waals surface area contributed by atoms with Crippen molar-refractivity contribution in [2.24, 2.45) is 0 Å². The van der Waals surface area contributed by atoms with E-state index in [0.29, 0.717) is 13.2 Å². The molecule has 0 aliphatic carbocycles. The SMILES string of the molecule is CCOc1ccc(-c2csc(C3COc4ccccc4O3)n2)cc1. The van der Waals surface area contributed by atoms with Crippen LogP contribution in [-0.2, 0) is 0 Å². The highest BCUT2D eigenvalue weighted by molar-refractivity contribution is 7.10. The number of nitrogens with zero attached hydrogens (tertiary/aromatic N) is 1. The Morgan fingerprint density at radius 2 is 1.92 bits per heavy atom. The van der Waals surface area contributed by atoms with Crippen molar-refractivity contribution in [1.82, 2.24) is 4.98 Å². The molecule has 0 amide bonds. The maximum absolute atomic E-state index is 6.02. The van der Waals surface area contributed by atoms with Crippen LogP contribution < -0.4 is 14.2 Å². The lowest BCUT2D eigenvalue weighted by molar-refractivity contribution is 0.0911. The number of thiazole rings is 1. The molecule has 0 radical (unpaired) electrons. The first-order valence-electron chi connectivity index (χ1n) is 7.90. The molecule has 122 valence electrons. The van der Waals surface area contributed by atoms with Gasteiger partial charge in [0.1, 0.15) is 17.4 Å². The number of fused-ring (bicyclic) bond motifs is 1. The molecule has 2 aromatic carbocycles. The largest absolute Gasteiger partial charge is 0.494 e. The molecule has 0 bridgehead atoms. The second-order valence-corrected chi connectivity index (χ2v) is 6.28. The minimum Gasteiger partial charge on any atom is -0.494 e. The molecule has 0 N–H and O–H groups in total. The van der Waals surface area contributed by atoms with Crippen LogP contribution in [0.5, 0.6) is 17.2 Å². The van der Waals surface area contributed by atoms with Gasteiger partial charge in [-0.15, -0.1) is 11.3 Å². The summed E-state index contributed by atoms with van der Waals surface area (Å²) in [6.07, 6.45) is -0.165. The molecule has 5 heteroatoms. The molecular formula is C19H17NO3S. The topological polar surface area (TPSA) is 40.6 Å². The summed E-state index contributed by atoms with van der Waals surface area (Å²) in [6.45, 7) is 3.12. The van der Waals surface area contributed by atoms with E-state index in [0.717, 1.165) is 33.5 Å². The Balaban J connectivity index is 1.53. The van der Waals surface area contributed by atoms with Crippen LogP contribution >= 0.6 is 11.3 Å². The normalized spacial score (nSPS) is 16.0. The molecule has 1 aromatic heterocycles. The van der Waals surface area contributed by atoms with Gasteiger partial charge in [0.25, 0.3) is 0 Å². The summed E-state index contributed by atoms with van der Waals surface area (Å²) in [5.74, 6) is 2.43. The number of rotatable bonds is 4. The number of ether oxygens (including phenoxy) is 3. The monoisotopic (exact) mass is 339 g/mol. The molecule has 4 rings (SSSR count). The van der Waals surface area contributed by atoms with Crippen molar-refractivity contribution in [2.45, 2.75) is 13.0 Å². The zero-order valence-electron chi connectivity index (χ0n) is 13.3. The summed E-state index contributed by atoms with van der Waals surface area (Å²) in [6, 6.07) is 15.7. The van der Waals surface area contributed by atoms with Crippen molar-refractivity contribution in [2.75, 3.05) is 13.2 Å². The molecular weight excluding hydrogens is 322 g/mol. The molecule has 1 aliphatic rings. The Hall–Kier alpha value is -2.53. The zero-order chi connectivity index (χ0) is 16.4. The fourth-order valence-electron chi connectivity index (χ4n) is 2.60. The van der Waals surface area contributed by atoms with Gasteiger partial charge in [0, 0.05) is 10.9 Å². The Morgan fingerprint density at radius 1 is 1.12 bits per heavy atom. The van der Waals surface area contributed by atoms with Crippen LogP contribution in [0.15, 0.2) is 53.9 Å². The number of hydrogen-bond donors (Lipinski definition) is 0. The molecule has 0 saturated carbocycles. The highest BCUT2D eigenvalue weighted by Crippen LogP contribution is 2.37. The Bertz CT molecular complexity index is 829. The third-order valence-electron chi connectivity index (χ3n) is 3.77. The van der Waals surface area contributed by atoms with Gasteiger partial charge in [0.15, 0.2) is 17.6 Å². The van der Waals surface area contributed by atoms with E-state index in [-0.39, 0.29) is 6.10 Å².